The van der Waals surface area contributed by atoms with Gasteiger partial charge in [-0.25, -0.2) is 9.97 Å². The molecule has 2 N–H and O–H groups in total. The maximum absolute atomic E-state index is 13.4. The fourth-order valence-electron chi connectivity index (χ4n) is 5.36. The number of hydrogen-bond donors (Lipinski definition) is 2. The van der Waals surface area contributed by atoms with Gasteiger partial charge < -0.3 is 19.9 Å². The Kier molecular flexibility index (Phi) is 5.92. The molecule has 1 atom stereocenters. The molecule has 0 saturated carbocycles. The zero-order valence-electron chi connectivity index (χ0n) is 19.3. The normalized spacial score (nSPS) is 23.0. The van der Waals surface area contributed by atoms with Gasteiger partial charge in [-0.3, -0.25) is 4.79 Å². The molecule has 3 fully saturated rings. The third-order valence-corrected chi connectivity index (χ3v) is 8.09. The molecule has 35 heavy (non-hydrogen) atoms. The number of hydrogen-bond acceptors (Lipinski definition) is 6. The fourth-order valence-corrected chi connectivity index (χ4v) is 5.86. The van der Waals surface area contributed by atoms with Crippen LogP contribution in [0.4, 0.5) is 19.0 Å². The highest BCUT2D eigenvalue weighted by Gasteiger charge is 2.42. The van der Waals surface area contributed by atoms with Gasteiger partial charge in [-0.1, -0.05) is 12.1 Å². The Balaban J connectivity index is 1.61. The van der Waals surface area contributed by atoms with Gasteiger partial charge in [0.05, 0.1) is 22.0 Å². The molecule has 3 aliphatic heterocycles. The molecule has 0 spiro atoms. The zero-order chi connectivity index (χ0) is 25.1. The molecule has 1 aromatic carbocycles. The largest absolute Gasteiger partial charge is 0.416 e. The molecule has 186 valence electrons. The van der Waals surface area contributed by atoms with Crippen LogP contribution in [0.25, 0.3) is 10.9 Å². The van der Waals surface area contributed by atoms with E-state index in [0.717, 1.165) is 45.0 Å². The first-order valence-electron chi connectivity index (χ1n) is 11.4. The van der Waals surface area contributed by atoms with Gasteiger partial charge in [0.1, 0.15) is 16.1 Å². The summed E-state index contributed by atoms with van der Waals surface area (Å²) in [6.45, 7) is 5.75. The molecule has 1 unspecified atom stereocenters. The molecular formula is C24H25BrF3N5O2. The first kappa shape index (κ1) is 24.2. The summed E-state index contributed by atoms with van der Waals surface area (Å²) in [5.74, 6) is 0.603. The van der Waals surface area contributed by atoms with Crippen molar-refractivity contribution in [3.8, 4) is 0 Å². The summed E-state index contributed by atoms with van der Waals surface area (Å²) < 4.78 is 42.2. The highest BCUT2D eigenvalue weighted by atomic mass is 79.9. The lowest BCUT2D eigenvalue weighted by Gasteiger charge is -2.49. The second kappa shape index (κ2) is 8.56. The van der Waals surface area contributed by atoms with Crippen LogP contribution < -0.4 is 10.9 Å². The van der Waals surface area contributed by atoms with Crippen LogP contribution >= 0.6 is 15.9 Å². The fraction of sp³-hybridized carbons (Fsp3) is 0.458. The van der Waals surface area contributed by atoms with Crippen LogP contribution in [0, 0.1) is 13.8 Å². The van der Waals surface area contributed by atoms with Crippen LogP contribution in [-0.4, -0.2) is 44.2 Å². The van der Waals surface area contributed by atoms with E-state index < -0.39 is 18.0 Å². The molecular weight excluding hydrogens is 527 g/mol. The smallest absolute Gasteiger partial charge is 0.369 e. The number of aryl methyl sites for hydroxylation is 1. The van der Waals surface area contributed by atoms with Gasteiger partial charge in [0.25, 0.3) is 5.56 Å². The van der Waals surface area contributed by atoms with Gasteiger partial charge in [-0.05, 0) is 60.7 Å². The summed E-state index contributed by atoms with van der Waals surface area (Å²) in [5, 5.41) is 14.3. The van der Waals surface area contributed by atoms with Crippen molar-refractivity contribution in [1.29, 1.82) is 0 Å². The van der Waals surface area contributed by atoms with Crippen molar-refractivity contribution < 1.29 is 18.3 Å². The Labute approximate surface area is 208 Å². The van der Waals surface area contributed by atoms with Gasteiger partial charge in [0.2, 0.25) is 0 Å². The molecule has 0 radical (unpaired) electrons. The number of halogens is 4. The molecule has 0 amide bonds. The monoisotopic (exact) mass is 551 g/mol. The number of nitrogens with one attached hydrogen (secondary N) is 1. The lowest BCUT2D eigenvalue weighted by molar-refractivity contribution is -0.138. The van der Waals surface area contributed by atoms with E-state index >= 15 is 0 Å². The average molecular weight is 552 g/mol. The Bertz CT molecular complexity index is 1350. The summed E-state index contributed by atoms with van der Waals surface area (Å²) >= 11 is 3.44. The standard InChI is InChI=1S/C24H25BrF3N5O2/c1-13-15(4-3-5-17(13)24(26,27)28)21(34)31-20-16-12-33(23-6-9-32(10-7-23)11-8-23)22(35)18(25)19(16)29-14(2)30-20/h3-5,12,21,34H,6-11H2,1-2H3,(H,29,30,31). The van der Waals surface area contributed by atoms with E-state index in [1.165, 1.54) is 19.1 Å². The van der Waals surface area contributed by atoms with Crippen LogP contribution in [0.15, 0.2) is 33.7 Å². The first-order chi connectivity index (χ1) is 16.5. The third-order valence-electron chi connectivity index (χ3n) is 7.37. The molecule has 3 aromatic rings. The lowest BCUT2D eigenvalue weighted by atomic mass is 9.79. The number of rotatable bonds is 4. The Hall–Kier alpha value is -2.50. The third kappa shape index (κ3) is 4.13. The summed E-state index contributed by atoms with van der Waals surface area (Å²) in [6.07, 6.45) is -1.69. The van der Waals surface area contributed by atoms with Crippen LogP contribution in [-0.2, 0) is 11.7 Å². The van der Waals surface area contributed by atoms with E-state index in [4.69, 9.17) is 0 Å². The molecule has 2 aromatic heterocycles. The SMILES string of the molecule is Cc1nc(NC(O)c2cccc(C(F)(F)F)c2C)c2cn(C34CCN(CC3)CC4)c(=O)c(Br)c2n1. The number of alkyl halides is 3. The van der Waals surface area contributed by atoms with Gasteiger partial charge in [0, 0.05) is 31.4 Å². The predicted molar refractivity (Wildman–Crippen MR) is 129 cm³/mol. The highest BCUT2D eigenvalue weighted by molar-refractivity contribution is 9.10. The topological polar surface area (TPSA) is 83.3 Å². The van der Waals surface area contributed by atoms with E-state index in [2.05, 4.69) is 36.1 Å². The van der Waals surface area contributed by atoms with E-state index in [-0.39, 0.29) is 28.0 Å². The number of fused-ring (bicyclic) bond motifs is 4. The maximum atomic E-state index is 13.4. The average Bonchev–Trinajstić information content (AvgIpc) is 2.82. The van der Waals surface area contributed by atoms with Crippen LogP contribution in [0.3, 0.4) is 0 Å². The number of aliphatic hydroxyl groups excluding tert-OH is 1. The van der Waals surface area contributed by atoms with Gasteiger partial charge in [0.15, 0.2) is 6.23 Å². The van der Waals surface area contributed by atoms with E-state index in [1.54, 1.807) is 17.7 Å². The number of benzene rings is 1. The molecule has 6 rings (SSSR count). The van der Waals surface area contributed by atoms with Gasteiger partial charge in [-0.15, -0.1) is 0 Å². The Morgan fingerprint density at radius 2 is 1.80 bits per heavy atom. The second-order valence-electron chi connectivity index (χ2n) is 9.38. The number of anilines is 1. The van der Waals surface area contributed by atoms with Crippen molar-refractivity contribution >= 4 is 32.7 Å². The van der Waals surface area contributed by atoms with Crippen molar-refractivity contribution in [3.05, 3.63) is 61.7 Å². The molecule has 11 heteroatoms. The van der Waals surface area contributed by atoms with E-state index in [1.807, 2.05) is 0 Å². The summed E-state index contributed by atoms with van der Waals surface area (Å²) in [6, 6.07) is 3.70. The number of aromatic nitrogens is 3. The van der Waals surface area contributed by atoms with Crippen LogP contribution in [0.2, 0.25) is 0 Å². The lowest BCUT2D eigenvalue weighted by Crippen LogP contribution is -2.56. The summed E-state index contributed by atoms with van der Waals surface area (Å²) in [5.41, 5.74) is -0.874. The van der Waals surface area contributed by atoms with Crippen molar-refractivity contribution in [2.24, 2.45) is 0 Å². The maximum Gasteiger partial charge on any atom is 0.416 e. The molecule has 7 nitrogen and oxygen atoms in total. The van der Waals surface area contributed by atoms with Gasteiger partial charge >= 0.3 is 6.18 Å². The van der Waals surface area contributed by atoms with Crippen LogP contribution in [0.1, 0.15) is 48.0 Å². The minimum absolute atomic E-state index is 0.0685. The quantitative estimate of drug-likeness (QED) is 0.465. The van der Waals surface area contributed by atoms with E-state index in [0.29, 0.717) is 21.2 Å². The van der Waals surface area contributed by atoms with Crippen molar-refractivity contribution in [3.63, 3.8) is 0 Å². The number of piperidine rings is 3. The number of nitrogens with zero attached hydrogens (tertiary/aromatic N) is 4. The molecule has 0 aliphatic carbocycles. The second-order valence-corrected chi connectivity index (χ2v) is 10.2. The van der Waals surface area contributed by atoms with Crippen LogP contribution in [0.5, 0.6) is 0 Å². The molecule has 2 bridgehead atoms. The molecule has 5 heterocycles. The summed E-state index contributed by atoms with van der Waals surface area (Å²) in [4.78, 5) is 24.6. The van der Waals surface area contributed by atoms with Crippen molar-refractivity contribution in [1.82, 2.24) is 19.4 Å². The number of aliphatic hydroxyl groups is 1. The van der Waals surface area contributed by atoms with Crippen molar-refractivity contribution in [2.75, 3.05) is 25.0 Å². The molecule has 3 saturated heterocycles. The Morgan fingerprint density at radius 1 is 1.14 bits per heavy atom. The van der Waals surface area contributed by atoms with E-state index in [9.17, 15) is 23.1 Å². The highest BCUT2D eigenvalue weighted by Crippen LogP contribution is 2.40. The molecule has 3 aliphatic rings. The van der Waals surface area contributed by atoms with Crippen molar-refractivity contribution in [2.45, 2.75) is 51.1 Å². The summed E-state index contributed by atoms with van der Waals surface area (Å²) in [7, 11) is 0. The zero-order valence-corrected chi connectivity index (χ0v) is 20.9. The number of pyridine rings is 1. The first-order valence-corrected chi connectivity index (χ1v) is 12.2. The predicted octanol–water partition coefficient (Wildman–Crippen LogP) is 4.49. The Morgan fingerprint density at radius 3 is 2.43 bits per heavy atom. The minimum atomic E-state index is -4.53. The minimum Gasteiger partial charge on any atom is -0.369 e. The van der Waals surface area contributed by atoms with Gasteiger partial charge in [-0.2, -0.15) is 13.2 Å².